The van der Waals surface area contributed by atoms with Crippen LogP contribution in [0.5, 0.6) is 0 Å². The van der Waals surface area contributed by atoms with Gasteiger partial charge in [0.2, 0.25) is 0 Å². The summed E-state index contributed by atoms with van der Waals surface area (Å²) in [5, 5.41) is 3.27. The smallest absolute Gasteiger partial charge is 0.00235 e. The van der Waals surface area contributed by atoms with Crippen molar-refractivity contribution in [2.45, 2.75) is 39.0 Å². The van der Waals surface area contributed by atoms with Gasteiger partial charge in [0.1, 0.15) is 0 Å². The zero-order chi connectivity index (χ0) is 8.10. The number of hydrogen-bond acceptors (Lipinski definition) is 1. The number of rotatable bonds is 3. The first kappa shape index (κ1) is 9.05. The molecule has 0 heterocycles. The fraction of sp³-hybridized carbons (Fsp3) is 1.00. The van der Waals surface area contributed by atoms with E-state index < -0.39 is 0 Å². The van der Waals surface area contributed by atoms with E-state index in [4.69, 9.17) is 0 Å². The Hall–Kier alpha value is -0.0400. The van der Waals surface area contributed by atoms with Crippen LogP contribution in [0.3, 0.4) is 0 Å². The third-order valence-corrected chi connectivity index (χ3v) is 3.04. The molecule has 1 N–H and O–H groups in total. The molecule has 1 nitrogen and oxygen atoms in total. The molecule has 0 atom stereocenters. The number of hydrogen-bond donors (Lipinski definition) is 1. The van der Waals surface area contributed by atoms with Gasteiger partial charge in [-0.3, -0.25) is 0 Å². The summed E-state index contributed by atoms with van der Waals surface area (Å²) in [5.41, 5.74) is 0. The highest BCUT2D eigenvalue weighted by Gasteiger charge is 2.18. The van der Waals surface area contributed by atoms with E-state index in [1.807, 2.05) is 0 Å². The molecular formula is C10H21N. The predicted octanol–water partition coefficient (Wildman–Crippen LogP) is 2.42. The lowest BCUT2D eigenvalue weighted by atomic mass is 9.81. The fourth-order valence-electron chi connectivity index (χ4n) is 2.13. The Morgan fingerprint density at radius 2 is 1.64 bits per heavy atom. The van der Waals surface area contributed by atoms with Crippen LogP contribution in [-0.2, 0) is 0 Å². The summed E-state index contributed by atoms with van der Waals surface area (Å²) < 4.78 is 0. The van der Waals surface area contributed by atoms with Crippen LogP contribution in [0, 0.1) is 11.8 Å². The van der Waals surface area contributed by atoms with E-state index in [1.54, 1.807) is 0 Å². The molecule has 0 amide bonds. The van der Waals surface area contributed by atoms with Crippen molar-refractivity contribution in [3.05, 3.63) is 0 Å². The number of nitrogens with one attached hydrogen (secondary N) is 1. The largest absolute Gasteiger partial charge is 0.319 e. The van der Waals surface area contributed by atoms with E-state index in [-0.39, 0.29) is 0 Å². The van der Waals surface area contributed by atoms with Gasteiger partial charge in [0.05, 0.1) is 0 Å². The molecule has 0 aromatic heterocycles. The van der Waals surface area contributed by atoms with E-state index >= 15 is 0 Å². The average Bonchev–Trinajstić information content (AvgIpc) is 2.07. The van der Waals surface area contributed by atoms with Gasteiger partial charge in [0.25, 0.3) is 0 Å². The molecule has 0 bridgehead atoms. The highest BCUT2D eigenvalue weighted by molar-refractivity contribution is 4.72. The first-order chi connectivity index (χ1) is 5.36. The van der Waals surface area contributed by atoms with Crippen LogP contribution in [0.2, 0.25) is 0 Å². The lowest BCUT2D eigenvalue weighted by Gasteiger charge is -2.27. The van der Waals surface area contributed by atoms with Crippen molar-refractivity contribution in [3.63, 3.8) is 0 Å². The quantitative estimate of drug-likeness (QED) is 0.660. The van der Waals surface area contributed by atoms with Crippen LogP contribution in [-0.4, -0.2) is 13.6 Å². The van der Waals surface area contributed by atoms with Crippen molar-refractivity contribution < 1.29 is 0 Å². The van der Waals surface area contributed by atoms with Crippen LogP contribution in [0.4, 0.5) is 0 Å². The highest BCUT2D eigenvalue weighted by Crippen LogP contribution is 2.29. The van der Waals surface area contributed by atoms with Gasteiger partial charge in [-0.25, -0.2) is 0 Å². The Kier molecular flexibility index (Phi) is 3.92. The summed E-state index contributed by atoms with van der Waals surface area (Å²) in [5.74, 6) is 2.02. The van der Waals surface area contributed by atoms with E-state index in [0.717, 1.165) is 11.8 Å². The molecule has 0 aromatic carbocycles. The molecule has 0 spiro atoms. The molecule has 66 valence electrons. The first-order valence-corrected chi connectivity index (χ1v) is 5.01. The third-order valence-electron chi connectivity index (χ3n) is 3.04. The van der Waals surface area contributed by atoms with Crippen LogP contribution in [0.1, 0.15) is 39.0 Å². The molecule has 1 heteroatoms. The normalized spacial score (nSPS) is 32.2. The molecular weight excluding hydrogens is 134 g/mol. The molecule has 0 radical (unpaired) electrons. The molecule has 1 aliphatic carbocycles. The van der Waals surface area contributed by atoms with Crippen molar-refractivity contribution in [1.82, 2.24) is 5.32 Å². The maximum Gasteiger partial charge on any atom is -0.00235 e. The highest BCUT2D eigenvalue weighted by atomic mass is 14.8. The SMILES string of the molecule is CCC1CCC(CNC)CC1. The molecule has 0 unspecified atom stereocenters. The second-order valence-corrected chi connectivity index (χ2v) is 3.85. The summed E-state index contributed by atoms with van der Waals surface area (Å²) in [7, 11) is 2.06. The second kappa shape index (κ2) is 4.76. The third kappa shape index (κ3) is 2.82. The summed E-state index contributed by atoms with van der Waals surface area (Å²) in [6.07, 6.45) is 7.26. The molecule has 0 aliphatic heterocycles. The van der Waals surface area contributed by atoms with E-state index in [2.05, 4.69) is 19.3 Å². The molecule has 1 rings (SSSR count). The van der Waals surface area contributed by atoms with Gasteiger partial charge < -0.3 is 5.32 Å². The minimum absolute atomic E-state index is 0.975. The molecule has 1 saturated carbocycles. The van der Waals surface area contributed by atoms with E-state index in [0.29, 0.717) is 0 Å². The molecule has 0 saturated heterocycles. The van der Waals surface area contributed by atoms with Crippen molar-refractivity contribution >= 4 is 0 Å². The minimum Gasteiger partial charge on any atom is -0.319 e. The van der Waals surface area contributed by atoms with Crippen LogP contribution in [0.15, 0.2) is 0 Å². The fourth-order valence-corrected chi connectivity index (χ4v) is 2.13. The summed E-state index contributed by atoms with van der Waals surface area (Å²) in [6.45, 7) is 3.56. The summed E-state index contributed by atoms with van der Waals surface area (Å²) in [6, 6.07) is 0. The Balaban J connectivity index is 2.14. The zero-order valence-corrected chi connectivity index (χ0v) is 7.90. The van der Waals surface area contributed by atoms with Crippen LogP contribution in [0.25, 0.3) is 0 Å². The minimum atomic E-state index is 0.975. The molecule has 1 fully saturated rings. The van der Waals surface area contributed by atoms with Crippen molar-refractivity contribution in [1.29, 1.82) is 0 Å². The molecule has 11 heavy (non-hydrogen) atoms. The summed E-state index contributed by atoms with van der Waals surface area (Å²) >= 11 is 0. The summed E-state index contributed by atoms with van der Waals surface area (Å²) in [4.78, 5) is 0. The second-order valence-electron chi connectivity index (χ2n) is 3.85. The zero-order valence-electron chi connectivity index (χ0n) is 7.90. The van der Waals surface area contributed by atoms with Crippen LogP contribution >= 0.6 is 0 Å². The van der Waals surface area contributed by atoms with Crippen molar-refractivity contribution in [2.75, 3.05) is 13.6 Å². The van der Waals surface area contributed by atoms with E-state index in [9.17, 15) is 0 Å². The van der Waals surface area contributed by atoms with Crippen molar-refractivity contribution in [3.8, 4) is 0 Å². The molecule has 1 aliphatic rings. The monoisotopic (exact) mass is 155 g/mol. The molecule has 0 aromatic rings. The first-order valence-electron chi connectivity index (χ1n) is 5.01. The van der Waals surface area contributed by atoms with Gasteiger partial charge in [-0.05, 0) is 38.3 Å². The van der Waals surface area contributed by atoms with Gasteiger partial charge in [0.15, 0.2) is 0 Å². The van der Waals surface area contributed by atoms with Crippen molar-refractivity contribution in [2.24, 2.45) is 11.8 Å². The standard InChI is InChI=1S/C10H21N/c1-3-9-4-6-10(7-5-9)8-11-2/h9-11H,3-8H2,1-2H3. The Morgan fingerprint density at radius 3 is 2.09 bits per heavy atom. The Labute approximate surface area is 70.6 Å². The Morgan fingerprint density at radius 1 is 1.09 bits per heavy atom. The van der Waals surface area contributed by atoms with Gasteiger partial charge in [-0.1, -0.05) is 26.2 Å². The van der Waals surface area contributed by atoms with Gasteiger partial charge >= 0.3 is 0 Å². The Bertz CT molecular complexity index is 93.0. The predicted molar refractivity (Wildman–Crippen MR) is 49.7 cm³/mol. The maximum absolute atomic E-state index is 3.27. The van der Waals surface area contributed by atoms with Gasteiger partial charge in [-0.2, -0.15) is 0 Å². The lowest BCUT2D eigenvalue weighted by molar-refractivity contribution is 0.266. The lowest BCUT2D eigenvalue weighted by Crippen LogP contribution is -2.23. The van der Waals surface area contributed by atoms with Gasteiger partial charge in [-0.15, -0.1) is 0 Å². The van der Waals surface area contributed by atoms with E-state index in [1.165, 1.54) is 38.6 Å². The topological polar surface area (TPSA) is 12.0 Å². The average molecular weight is 155 g/mol. The van der Waals surface area contributed by atoms with Gasteiger partial charge in [0, 0.05) is 0 Å². The maximum atomic E-state index is 3.27. The van der Waals surface area contributed by atoms with Crippen LogP contribution < -0.4 is 5.32 Å².